The Labute approximate surface area is 169 Å². The van der Waals surface area contributed by atoms with Crippen molar-refractivity contribution in [2.75, 3.05) is 18.4 Å². The average molecular weight is 424 g/mol. The van der Waals surface area contributed by atoms with E-state index in [0.29, 0.717) is 24.3 Å². The van der Waals surface area contributed by atoms with Crippen LogP contribution in [-0.2, 0) is 19.6 Å². The molecule has 2 saturated heterocycles. The second-order valence-corrected chi connectivity index (χ2v) is 9.40. The van der Waals surface area contributed by atoms with Crippen molar-refractivity contribution >= 4 is 33.6 Å². The molecule has 0 bridgehead atoms. The molecular formula is C18H24N4O6S. The Hall–Kier alpha value is -2.66. The lowest BCUT2D eigenvalue weighted by molar-refractivity contribution is -0.120. The van der Waals surface area contributed by atoms with Crippen molar-refractivity contribution in [3.63, 3.8) is 0 Å². The lowest BCUT2D eigenvalue weighted by Crippen LogP contribution is -2.51. The Bertz CT molecular complexity index is 893. The van der Waals surface area contributed by atoms with Crippen LogP contribution < -0.4 is 20.7 Å². The summed E-state index contributed by atoms with van der Waals surface area (Å²) in [7, 11) is -3.75. The molecule has 0 radical (unpaired) electrons. The van der Waals surface area contributed by atoms with Crippen molar-refractivity contribution in [1.82, 2.24) is 14.9 Å². The number of rotatable bonds is 6. The normalized spacial score (nSPS) is 21.9. The van der Waals surface area contributed by atoms with Gasteiger partial charge in [-0.15, -0.1) is 0 Å². The fourth-order valence-electron chi connectivity index (χ4n) is 3.39. The highest BCUT2D eigenvalue weighted by Gasteiger charge is 2.43. The van der Waals surface area contributed by atoms with E-state index in [1.165, 1.54) is 18.2 Å². The number of hydrogen-bond acceptors (Lipinski definition) is 6. The van der Waals surface area contributed by atoms with E-state index < -0.39 is 33.3 Å². The number of hydrogen-bond donors (Lipinski definition) is 3. The predicted molar refractivity (Wildman–Crippen MR) is 105 cm³/mol. The largest absolute Gasteiger partial charge is 0.490 e. The van der Waals surface area contributed by atoms with Crippen molar-refractivity contribution in [2.24, 2.45) is 0 Å². The van der Waals surface area contributed by atoms with Crippen LogP contribution in [0.25, 0.3) is 0 Å². The van der Waals surface area contributed by atoms with Crippen molar-refractivity contribution in [3.05, 3.63) is 24.3 Å². The minimum absolute atomic E-state index is 0.141. The predicted octanol–water partition coefficient (Wildman–Crippen LogP) is 0.415. The molecule has 0 aromatic heterocycles. The van der Waals surface area contributed by atoms with Gasteiger partial charge < -0.3 is 15.4 Å². The van der Waals surface area contributed by atoms with Crippen molar-refractivity contribution in [3.8, 4) is 5.75 Å². The van der Waals surface area contributed by atoms with E-state index in [2.05, 4.69) is 16.0 Å². The summed E-state index contributed by atoms with van der Waals surface area (Å²) in [4.78, 5) is 34.1. The fourth-order valence-corrected chi connectivity index (χ4v) is 5.11. The molecule has 2 aliphatic heterocycles. The maximum absolute atomic E-state index is 12.8. The number of nitrogens with zero attached hydrogens (tertiary/aromatic N) is 1. The van der Waals surface area contributed by atoms with Crippen LogP contribution in [0, 0.1) is 0 Å². The zero-order valence-electron chi connectivity index (χ0n) is 16.2. The Balaban J connectivity index is 1.55. The fraction of sp³-hybridized carbons (Fsp3) is 0.500. The minimum Gasteiger partial charge on any atom is -0.490 e. The zero-order chi connectivity index (χ0) is 21.2. The van der Waals surface area contributed by atoms with Crippen LogP contribution >= 0.6 is 0 Å². The summed E-state index contributed by atoms with van der Waals surface area (Å²) < 4.78 is 32.9. The van der Waals surface area contributed by atoms with E-state index in [9.17, 15) is 22.8 Å². The third kappa shape index (κ3) is 4.85. The maximum atomic E-state index is 12.8. The van der Waals surface area contributed by atoms with Crippen molar-refractivity contribution in [2.45, 2.75) is 44.1 Å². The first-order valence-electron chi connectivity index (χ1n) is 9.31. The van der Waals surface area contributed by atoms with Crippen LogP contribution in [-0.4, -0.2) is 61.1 Å². The second kappa shape index (κ2) is 8.37. The number of sulfonamides is 1. The number of imide groups is 1. The van der Waals surface area contributed by atoms with Gasteiger partial charge in [0.2, 0.25) is 15.9 Å². The molecule has 4 amide bonds. The third-order valence-corrected chi connectivity index (χ3v) is 7.28. The number of nitrogens with one attached hydrogen (secondary N) is 3. The molecule has 1 aromatic rings. The number of urea groups is 1. The quantitative estimate of drug-likeness (QED) is 0.567. The number of benzene rings is 1. The van der Waals surface area contributed by atoms with E-state index in [0.717, 1.165) is 0 Å². The molecule has 0 saturated carbocycles. The third-order valence-electron chi connectivity index (χ3n) is 4.98. The van der Waals surface area contributed by atoms with Gasteiger partial charge in [-0.2, -0.15) is 0 Å². The first-order valence-corrected chi connectivity index (χ1v) is 10.8. The topological polar surface area (TPSA) is 134 Å². The molecule has 29 heavy (non-hydrogen) atoms. The van der Waals surface area contributed by atoms with Crippen molar-refractivity contribution < 1.29 is 27.5 Å². The van der Waals surface area contributed by atoms with Gasteiger partial charge in [-0.3, -0.25) is 14.9 Å². The van der Waals surface area contributed by atoms with Gasteiger partial charge in [-0.25, -0.2) is 17.5 Å². The maximum Gasteiger partial charge on any atom is 0.322 e. The molecule has 0 aliphatic carbocycles. The highest BCUT2D eigenvalue weighted by molar-refractivity contribution is 7.89. The van der Waals surface area contributed by atoms with Crippen LogP contribution in [0.3, 0.4) is 0 Å². The number of anilines is 1. The molecule has 10 nitrogen and oxygen atoms in total. The summed E-state index contributed by atoms with van der Waals surface area (Å²) in [6.45, 7) is 3.39. The van der Waals surface area contributed by atoms with Crippen LogP contribution in [0.2, 0.25) is 0 Å². The molecule has 3 rings (SSSR count). The van der Waals surface area contributed by atoms with Crippen LogP contribution in [0.4, 0.5) is 10.5 Å². The monoisotopic (exact) mass is 424 g/mol. The summed E-state index contributed by atoms with van der Waals surface area (Å²) in [5.41, 5.74) is 0.669. The van der Waals surface area contributed by atoms with E-state index in [-0.39, 0.29) is 25.1 Å². The van der Waals surface area contributed by atoms with Gasteiger partial charge in [0, 0.05) is 25.7 Å². The summed E-state index contributed by atoms with van der Waals surface area (Å²) in [6.07, 6.45) is 0.864. The molecule has 2 aliphatic rings. The first-order chi connectivity index (χ1) is 13.7. The number of carbonyl (C=O) groups excluding carboxylic acids is 3. The summed E-state index contributed by atoms with van der Waals surface area (Å²) in [6, 6.07) is 5.19. The molecule has 1 aromatic carbocycles. The molecule has 0 spiro atoms. The first kappa shape index (κ1) is 21.1. The molecule has 1 unspecified atom stereocenters. The van der Waals surface area contributed by atoms with E-state index in [1.54, 1.807) is 24.3 Å². The van der Waals surface area contributed by atoms with Gasteiger partial charge in [0.05, 0.1) is 0 Å². The van der Waals surface area contributed by atoms with E-state index in [1.807, 2.05) is 0 Å². The number of ether oxygens (including phenoxy) is 1. The Morgan fingerprint density at radius 1 is 1.21 bits per heavy atom. The number of amides is 4. The highest BCUT2D eigenvalue weighted by Crippen LogP contribution is 2.24. The minimum atomic E-state index is -3.75. The number of carbonyl (C=O) groups is 3. The van der Waals surface area contributed by atoms with E-state index >= 15 is 0 Å². The molecule has 3 N–H and O–H groups in total. The zero-order valence-corrected chi connectivity index (χ0v) is 17.0. The molecule has 2 atom stereocenters. The Morgan fingerprint density at radius 3 is 2.34 bits per heavy atom. The average Bonchev–Trinajstić information content (AvgIpc) is 3.00. The smallest absolute Gasteiger partial charge is 0.322 e. The molecule has 158 valence electrons. The number of piperidine rings is 1. The summed E-state index contributed by atoms with van der Waals surface area (Å²) in [5.74, 6) is -0.151. The standard InChI is InChI=1S/C18H24N4O6S/c1-11(16-17(24)21-18(25)20-16)29(26,27)22-9-7-15(8-10-22)28-14-5-3-13(4-6-14)19-12(2)23/h3-6,11,15-16H,7-10H2,1-2H3,(H,19,23)(H2,20,21,24,25)/t11?,16-/m1/s1. The summed E-state index contributed by atoms with van der Waals surface area (Å²) >= 11 is 0. The van der Waals surface area contributed by atoms with Crippen LogP contribution in [0.1, 0.15) is 26.7 Å². The summed E-state index contributed by atoms with van der Waals surface area (Å²) in [5, 5.41) is 6.02. The van der Waals surface area contributed by atoms with Crippen LogP contribution in [0.5, 0.6) is 5.75 Å². The van der Waals surface area contributed by atoms with Gasteiger partial charge in [0.1, 0.15) is 23.1 Å². The van der Waals surface area contributed by atoms with Gasteiger partial charge in [0.25, 0.3) is 5.91 Å². The van der Waals surface area contributed by atoms with Gasteiger partial charge in [-0.1, -0.05) is 0 Å². The van der Waals surface area contributed by atoms with Gasteiger partial charge in [-0.05, 0) is 44.0 Å². The lowest BCUT2D eigenvalue weighted by Gasteiger charge is -2.33. The molecule has 11 heteroatoms. The molecule has 2 heterocycles. The van der Waals surface area contributed by atoms with E-state index in [4.69, 9.17) is 4.74 Å². The Morgan fingerprint density at radius 2 is 1.83 bits per heavy atom. The van der Waals surface area contributed by atoms with Gasteiger partial charge in [0.15, 0.2) is 0 Å². The molecule has 2 fully saturated rings. The van der Waals surface area contributed by atoms with Crippen molar-refractivity contribution in [1.29, 1.82) is 0 Å². The van der Waals surface area contributed by atoms with Crippen LogP contribution in [0.15, 0.2) is 24.3 Å². The van der Waals surface area contributed by atoms with Gasteiger partial charge >= 0.3 is 6.03 Å². The molecular weight excluding hydrogens is 400 g/mol. The SMILES string of the molecule is CC(=O)Nc1ccc(OC2CCN(S(=O)(=O)C(C)[C@H]3NC(=O)NC3=O)CC2)cc1. The Kier molecular flexibility index (Phi) is 6.08. The second-order valence-electron chi connectivity index (χ2n) is 7.11. The highest BCUT2D eigenvalue weighted by atomic mass is 32.2. The lowest BCUT2D eigenvalue weighted by atomic mass is 10.1.